The maximum atomic E-state index is 10.0. The monoisotopic (exact) mass is 258 g/mol. The second kappa shape index (κ2) is 12.0. The van der Waals surface area contributed by atoms with E-state index in [1.807, 2.05) is 0 Å². The molecule has 0 aliphatic rings. The average Bonchev–Trinajstić information content (AvgIpc) is 2.35. The topological polar surface area (TPSA) is 40.5 Å². The SMILES string of the molecule is CCCCCCCC(CCCCC)[C@H](O)[C@H](C)O. The minimum atomic E-state index is -0.590. The first kappa shape index (κ1) is 17.9. The molecule has 0 rings (SSSR count). The van der Waals surface area contributed by atoms with Gasteiger partial charge in [-0.15, -0.1) is 0 Å². The van der Waals surface area contributed by atoms with E-state index < -0.39 is 12.2 Å². The van der Waals surface area contributed by atoms with E-state index in [1.54, 1.807) is 6.92 Å². The summed E-state index contributed by atoms with van der Waals surface area (Å²) < 4.78 is 0. The molecule has 1 unspecified atom stereocenters. The Labute approximate surface area is 114 Å². The lowest BCUT2D eigenvalue weighted by atomic mass is 9.88. The molecule has 0 aliphatic heterocycles. The Bertz CT molecular complexity index is 168. The van der Waals surface area contributed by atoms with Crippen LogP contribution >= 0.6 is 0 Å². The zero-order chi connectivity index (χ0) is 13.8. The van der Waals surface area contributed by atoms with Gasteiger partial charge in [0.2, 0.25) is 0 Å². The van der Waals surface area contributed by atoms with E-state index in [1.165, 1.54) is 51.4 Å². The fourth-order valence-corrected chi connectivity index (χ4v) is 2.55. The molecule has 2 nitrogen and oxygen atoms in total. The molecular formula is C16H34O2. The summed E-state index contributed by atoms with van der Waals surface area (Å²) in [5.41, 5.74) is 0. The molecule has 0 aliphatic carbocycles. The summed E-state index contributed by atoms with van der Waals surface area (Å²) in [4.78, 5) is 0. The number of unbranched alkanes of at least 4 members (excludes halogenated alkanes) is 6. The van der Waals surface area contributed by atoms with E-state index in [0.29, 0.717) is 0 Å². The summed E-state index contributed by atoms with van der Waals surface area (Å²) in [5.74, 6) is 0.290. The van der Waals surface area contributed by atoms with E-state index in [2.05, 4.69) is 13.8 Å². The van der Waals surface area contributed by atoms with Gasteiger partial charge in [-0.2, -0.15) is 0 Å². The first-order valence-corrected chi connectivity index (χ1v) is 7.99. The number of hydrogen-bond donors (Lipinski definition) is 2. The summed E-state index contributed by atoms with van der Waals surface area (Å²) in [6, 6.07) is 0. The second-order valence-corrected chi connectivity index (χ2v) is 5.69. The van der Waals surface area contributed by atoms with Gasteiger partial charge in [0.15, 0.2) is 0 Å². The third-order valence-electron chi connectivity index (χ3n) is 3.83. The Morgan fingerprint density at radius 1 is 0.722 bits per heavy atom. The zero-order valence-corrected chi connectivity index (χ0v) is 12.7. The first-order valence-electron chi connectivity index (χ1n) is 7.99. The molecule has 0 spiro atoms. The highest BCUT2D eigenvalue weighted by Gasteiger charge is 2.22. The zero-order valence-electron chi connectivity index (χ0n) is 12.7. The lowest BCUT2D eigenvalue weighted by Gasteiger charge is -2.25. The molecule has 0 aromatic carbocycles. The van der Waals surface area contributed by atoms with Crippen molar-refractivity contribution in [3.05, 3.63) is 0 Å². The Kier molecular flexibility index (Phi) is 11.9. The van der Waals surface area contributed by atoms with Crippen molar-refractivity contribution in [3.63, 3.8) is 0 Å². The standard InChI is InChI=1S/C16H34O2/c1-4-6-8-9-11-13-15(12-10-7-5-2)16(18)14(3)17/h14-18H,4-13H2,1-3H3/t14-,15?,16+/m0/s1. The van der Waals surface area contributed by atoms with Gasteiger partial charge >= 0.3 is 0 Å². The van der Waals surface area contributed by atoms with Crippen molar-refractivity contribution in [1.29, 1.82) is 0 Å². The summed E-state index contributed by atoms with van der Waals surface area (Å²) in [6.45, 7) is 6.13. The molecule has 0 heterocycles. The van der Waals surface area contributed by atoms with E-state index in [0.717, 1.165) is 12.8 Å². The smallest absolute Gasteiger partial charge is 0.0824 e. The van der Waals surface area contributed by atoms with Gasteiger partial charge in [0.05, 0.1) is 12.2 Å². The molecule has 0 saturated carbocycles. The Balaban J connectivity index is 3.88. The van der Waals surface area contributed by atoms with Crippen molar-refractivity contribution in [1.82, 2.24) is 0 Å². The van der Waals surface area contributed by atoms with Gasteiger partial charge in [0.1, 0.15) is 0 Å². The molecule has 0 saturated heterocycles. The average molecular weight is 258 g/mol. The lowest BCUT2D eigenvalue weighted by molar-refractivity contribution is -0.0134. The highest BCUT2D eigenvalue weighted by molar-refractivity contribution is 4.73. The summed E-state index contributed by atoms with van der Waals surface area (Å²) in [7, 11) is 0. The van der Waals surface area contributed by atoms with Crippen LogP contribution in [-0.4, -0.2) is 22.4 Å². The van der Waals surface area contributed by atoms with Crippen LogP contribution in [0.25, 0.3) is 0 Å². The van der Waals surface area contributed by atoms with Gasteiger partial charge in [-0.25, -0.2) is 0 Å². The van der Waals surface area contributed by atoms with Crippen LogP contribution in [0.3, 0.4) is 0 Å². The van der Waals surface area contributed by atoms with Gasteiger partial charge in [0, 0.05) is 0 Å². The molecule has 0 fully saturated rings. The van der Waals surface area contributed by atoms with E-state index in [4.69, 9.17) is 0 Å². The van der Waals surface area contributed by atoms with Crippen LogP contribution in [-0.2, 0) is 0 Å². The molecular weight excluding hydrogens is 224 g/mol. The van der Waals surface area contributed by atoms with E-state index in [-0.39, 0.29) is 5.92 Å². The number of aliphatic hydroxyl groups is 2. The Hall–Kier alpha value is -0.0800. The van der Waals surface area contributed by atoms with Crippen molar-refractivity contribution >= 4 is 0 Å². The predicted octanol–water partition coefficient (Wildman–Crippen LogP) is 4.29. The lowest BCUT2D eigenvalue weighted by Crippen LogP contribution is -2.31. The van der Waals surface area contributed by atoms with Crippen LogP contribution in [0, 0.1) is 5.92 Å². The van der Waals surface area contributed by atoms with Gasteiger partial charge < -0.3 is 10.2 Å². The van der Waals surface area contributed by atoms with Crippen LogP contribution in [0.1, 0.15) is 85.0 Å². The van der Waals surface area contributed by atoms with Crippen molar-refractivity contribution in [2.45, 2.75) is 97.2 Å². The third kappa shape index (κ3) is 8.93. The molecule has 18 heavy (non-hydrogen) atoms. The Morgan fingerprint density at radius 2 is 1.17 bits per heavy atom. The molecule has 0 aromatic rings. The number of aliphatic hydroxyl groups excluding tert-OH is 2. The molecule has 0 bridgehead atoms. The van der Waals surface area contributed by atoms with Crippen LogP contribution in [0.5, 0.6) is 0 Å². The fourth-order valence-electron chi connectivity index (χ4n) is 2.55. The molecule has 2 N–H and O–H groups in total. The minimum absolute atomic E-state index is 0.290. The first-order chi connectivity index (χ1) is 8.63. The van der Waals surface area contributed by atoms with Crippen LogP contribution < -0.4 is 0 Å². The highest BCUT2D eigenvalue weighted by Crippen LogP contribution is 2.23. The van der Waals surface area contributed by atoms with Crippen molar-refractivity contribution in [2.75, 3.05) is 0 Å². The predicted molar refractivity (Wildman–Crippen MR) is 78.7 cm³/mol. The molecule has 3 atom stereocenters. The summed E-state index contributed by atoms with van der Waals surface area (Å²) in [5, 5.41) is 19.6. The fraction of sp³-hybridized carbons (Fsp3) is 1.00. The van der Waals surface area contributed by atoms with Crippen LogP contribution in [0.15, 0.2) is 0 Å². The van der Waals surface area contributed by atoms with Gasteiger partial charge in [-0.1, -0.05) is 65.2 Å². The second-order valence-electron chi connectivity index (χ2n) is 5.69. The summed E-state index contributed by atoms with van der Waals surface area (Å²) in [6.07, 6.45) is 11.0. The maximum Gasteiger partial charge on any atom is 0.0824 e. The normalized spacial score (nSPS) is 16.5. The molecule has 2 heteroatoms. The number of rotatable bonds is 12. The molecule has 0 aromatic heterocycles. The van der Waals surface area contributed by atoms with E-state index in [9.17, 15) is 10.2 Å². The van der Waals surface area contributed by atoms with Gasteiger partial charge in [-0.05, 0) is 25.7 Å². The molecule has 0 amide bonds. The largest absolute Gasteiger partial charge is 0.391 e. The Morgan fingerprint density at radius 3 is 1.67 bits per heavy atom. The molecule has 0 radical (unpaired) electrons. The quantitative estimate of drug-likeness (QED) is 0.513. The van der Waals surface area contributed by atoms with E-state index >= 15 is 0 Å². The van der Waals surface area contributed by atoms with Crippen LogP contribution in [0.4, 0.5) is 0 Å². The van der Waals surface area contributed by atoms with Crippen LogP contribution in [0.2, 0.25) is 0 Å². The van der Waals surface area contributed by atoms with Gasteiger partial charge in [-0.3, -0.25) is 0 Å². The molecule has 110 valence electrons. The van der Waals surface area contributed by atoms with Gasteiger partial charge in [0.25, 0.3) is 0 Å². The summed E-state index contributed by atoms with van der Waals surface area (Å²) >= 11 is 0. The van der Waals surface area contributed by atoms with Crippen molar-refractivity contribution in [2.24, 2.45) is 5.92 Å². The van der Waals surface area contributed by atoms with Crippen molar-refractivity contribution < 1.29 is 10.2 Å². The third-order valence-corrected chi connectivity index (χ3v) is 3.83. The highest BCUT2D eigenvalue weighted by atomic mass is 16.3. The van der Waals surface area contributed by atoms with Crippen molar-refractivity contribution in [3.8, 4) is 0 Å². The minimum Gasteiger partial charge on any atom is -0.391 e. The number of hydrogen-bond acceptors (Lipinski definition) is 2. The maximum absolute atomic E-state index is 10.0.